The molecule has 0 spiro atoms. The minimum Gasteiger partial charge on any atom is -0.495 e. The van der Waals surface area contributed by atoms with Gasteiger partial charge >= 0.3 is 6.03 Å². The summed E-state index contributed by atoms with van der Waals surface area (Å²) in [5.41, 5.74) is 2.91. The third-order valence-electron chi connectivity index (χ3n) is 3.36. The largest absolute Gasteiger partial charge is 0.495 e. The number of methoxy groups -OCH3 is 1. The molecule has 2 amide bonds. The first-order chi connectivity index (χ1) is 10.1. The van der Waals surface area contributed by atoms with Crippen molar-refractivity contribution in [3.63, 3.8) is 0 Å². The predicted molar refractivity (Wildman–Crippen MR) is 84.7 cm³/mol. The molecule has 0 bridgehead atoms. The predicted octanol–water partition coefficient (Wildman–Crippen LogP) is 3.89. The molecule has 1 unspecified atom stereocenters. The van der Waals surface area contributed by atoms with Gasteiger partial charge in [-0.1, -0.05) is 36.4 Å². The number of nitrogens with one attached hydrogen (secondary N) is 2. The number of amides is 2. The number of hydrogen-bond acceptors (Lipinski definition) is 2. The maximum Gasteiger partial charge on any atom is 0.319 e. The molecule has 21 heavy (non-hydrogen) atoms. The van der Waals surface area contributed by atoms with Crippen LogP contribution in [-0.4, -0.2) is 13.1 Å². The molecule has 2 aromatic carbocycles. The summed E-state index contributed by atoms with van der Waals surface area (Å²) in [6, 6.07) is 15.0. The lowest BCUT2D eigenvalue weighted by Crippen LogP contribution is -2.31. The highest BCUT2D eigenvalue weighted by molar-refractivity contribution is 5.91. The molecule has 2 N–H and O–H groups in total. The molecule has 0 heterocycles. The summed E-state index contributed by atoms with van der Waals surface area (Å²) in [7, 11) is 1.58. The van der Waals surface area contributed by atoms with Crippen molar-refractivity contribution in [1.29, 1.82) is 0 Å². The van der Waals surface area contributed by atoms with E-state index in [0.29, 0.717) is 11.4 Å². The summed E-state index contributed by atoms with van der Waals surface area (Å²) < 4.78 is 5.21. The van der Waals surface area contributed by atoms with Crippen LogP contribution in [-0.2, 0) is 0 Å². The smallest absolute Gasteiger partial charge is 0.319 e. The number of carbonyl (C=O) groups is 1. The standard InChI is InChI=1S/C17H20N2O2/c1-12-8-4-5-9-14(12)13(2)18-17(20)19-15-10-6-7-11-16(15)21-3/h4-11,13H,1-3H3,(H2,18,19,20). The molecule has 0 aliphatic carbocycles. The Bertz CT molecular complexity index is 626. The van der Waals surface area contributed by atoms with E-state index in [-0.39, 0.29) is 12.1 Å². The summed E-state index contributed by atoms with van der Waals surface area (Å²) in [6.45, 7) is 4.00. The lowest BCUT2D eigenvalue weighted by molar-refractivity contribution is 0.249. The van der Waals surface area contributed by atoms with E-state index in [1.807, 2.05) is 50.2 Å². The topological polar surface area (TPSA) is 50.4 Å². The van der Waals surface area contributed by atoms with Gasteiger partial charge in [-0.05, 0) is 37.1 Å². The zero-order valence-corrected chi connectivity index (χ0v) is 12.5. The van der Waals surface area contributed by atoms with Crippen molar-refractivity contribution in [3.8, 4) is 5.75 Å². The lowest BCUT2D eigenvalue weighted by Gasteiger charge is -2.17. The van der Waals surface area contributed by atoms with E-state index in [4.69, 9.17) is 4.74 Å². The number of anilines is 1. The van der Waals surface area contributed by atoms with Gasteiger partial charge in [0.15, 0.2) is 0 Å². The van der Waals surface area contributed by atoms with E-state index in [2.05, 4.69) is 10.6 Å². The van der Waals surface area contributed by atoms with Gasteiger partial charge in [0.05, 0.1) is 18.8 Å². The molecule has 1 atom stereocenters. The van der Waals surface area contributed by atoms with Gasteiger partial charge in [0.1, 0.15) is 5.75 Å². The number of hydrogen-bond donors (Lipinski definition) is 2. The quantitative estimate of drug-likeness (QED) is 0.895. The fraction of sp³-hybridized carbons (Fsp3) is 0.235. The molecule has 0 saturated carbocycles. The normalized spacial score (nSPS) is 11.6. The maximum atomic E-state index is 12.1. The van der Waals surface area contributed by atoms with Crippen LogP contribution < -0.4 is 15.4 Å². The Morgan fingerprint density at radius 2 is 1.76 bits per heavy atom. The minimum absolute atomic E-state index is 0.0686. The van der Waals surface area contributed by atoms with Crippen LogP contribution in [0.25, 0.3) is 0 Å². The zero-order chi connectivity index (χ0) is 15.2. The van der Waals surface area contributed by atoms with Crippen molar-refractivity contribution in [1.82, 2.24) is 5.32 Å². The number of aryl methyl sites for hydroxylation is 1. The third-order valence-corrected chi connectivity index (χ3v) is 3.36. The van der Waals surface area contributed by atoms with Crippen LogP contribution in [0.3, 0.4) is 0 Å². The van der Waals surface area contributed by atoms with E-state index in [1.165, 1.54) is 0 Å². The van der Waals surface area contributed by atoms with Gasteiger partial charge in [0, 0.05) is 0 Å². The Morgan fingerprint density at radius 3 is 2.48 bits per heavy atom. The second-order valence-corrected chi connectivity index (χ2v) is 4.88. The number of para-hydroxylation sites is 2. The summed E-state index contributed by atoms with van der Waals surface area (Å²) in [4.78, 5) is 12.1. The van der Waals surface area contributed by atoms with E-state index < -0.39 is 0 Å². The Morgan fingerprint density at radius 1 is 1.10 bits per heavy atom. The molecular formula is C17H20N2O2. The number of rotatable bonds is 4. The van der Waals surface area contributed by atoms with Gasteiger partial charge in [0.25, 0.3) is 0 Å². The van der Waals surface area contributed by atoms with E-state index in [1.54, 1.807) is 19.2 Å². The fourth-order valence-corrected chi connectivity index (χ4v) is 2.25. The van der Waals surface area contributed by atoms with Gasteiger partial charge < -0.3 is 15.4 Å². The number of benzene rings is 2. The van der Waals surface area contributed by atoms with Crippen molar-refractivity contribution < 1.29 is 9.53 Å². The van der Waals surface area contributed by atoms with Gasteiger partial charge in [-0.2, -0.15) is 0 Å². The summed E-state index contributed by atoms with van der Waals surface area (Å²) in [5, 5.41) is 5.74. The molecule has 0 saturated heterocycles. The molecule has 4 heteroatoms. The molecule has 0 aliphatic heterocycles. The van der Waals surface area contributed by atoms with Crippen LogP contribution in [0, 0.1) is 6.92 Å². The molecule has 2 rings (SSSR count). The monoisotopic (exact) mass is 284 g/mol. The molecule has 110 valence electrons. The lowest BCUT2D eigenvalue weighted by atomic mass is 10.0. The Hall–Kier alpha value is -2.49. The van der Waals surface area contributed by atoms with Crippen LogP contribution in [0.5, 0.6) is 5.75 Å². The maximum absolute atomic E-state index is 12.1. The molecule has 4 nitrogen and oxygen atoms in total. The highest BCUT2D eigenvalue weighted by Crippen LogP contribution is 2.23. The minimum atomic E-state index is -0.254. The highest BCUT2D eigenvalue weighted by atomic mass is 16.5. The summed E-state index contributed by atoms with van der Waals surface area (Å²) in [6.07, 6.45) is 0. The highest BCUT2D eigenvalue weighted by Gasteiger charge is 2.12. The Kier molecular flexibility index (Phi) is 4.82. The average Bonchev–Trinajstić information content (AvgIpc) is 2.48. The Labute approximate surface area is 125 Å². The fourth-order valence-electron chi connectivity index (χ4n) is 2.25. The van der Waals surface area contributed by atoms with Gasteiger partial charge in [0.2, 0.25) is 0 Å². The number of carbonyl (C=O) groups excluding carboxylic acids is 1. The molecule has 0 aliphatic rings. The zero-order valence-electron chi connectivity index (χ0n) is 12.5. The third kappa shape index (κ3) is 3.75. The molecule has 0 fully saturated rings. The summed E-state index contributed by atoms with van der Waals surface area (Å²) >= 11 is 0. The van der Waals surface area contributed by atoms with Gasteiger partial charge in [-0.15, -0.1) is 0 Å². The van der Waals surface area contributed by atoms with Crippen LogP contribution in [0.15, 0.2) is 48.5 Å². The van der Waals surface area contributed by atoms with Crippen LogP contribution >= 0.6 is 0 Å². The van der Waals surface area contributed by atoms with Crippen molar-refractivity contribution in [3.05, 3.63) is 59.7 Å². The molecule has 0 aromatic heterocycles. The SMILES string of the molecule is COc1ccccc1NC(=O)NC(C)c1ccccc1C. The molecule has 0 radical (unpaired) electrons. The van der Waals surface area contributed by atoms with Gasteiger partial charge in [-0.25, -0.2) is 4.79 Å². The van der Waals surface area contributed by atoms with Crippen LogP contribution in [0.1, 0.15) is 24.1 Å². The molecule has 2 aromatic rings. The van der Waals surface area contributed by atoms with Crippen molar-refractivity contribution in [2.24, 2.45) is 0 Å². The first-order valence-electron chi connectivity index (χ1n) is 6.88. The van der Waals surface area contributed by atoms with E-state index in [9.17, 15) is 4.79 Å². The van der Waals surface area contributed by atoms with E-state index >= 15 is 0 Å². The van der Waals surface area contributed by atoms with E-state index in [0.717, 1.165) is 11.1 Å². The first kappa shape index (κ1) is 14.9. The number of ether oxygens (including phenoxy) is 1. The van der Waals surface area contributed by atoms with Crippen molar-refractivity contribution in [2.45, 2.75) is 19.9 Å². The summed E-state index contributed by atoms with van der Waals surface area (Å²) in [5.74, 6) is 0.635. The first-order valence-corrected chi connectivity index (χ1v) is 6.88. The molecular weight excluding hydrogens is 264 g/mol. The second-order valence-electron chi connectivity index (χ2n) is 4.88. The van der Waals surface area contributed by atoms with Crippen LogP contribution in [0.4, 0.5) is 10.5 Å². The van der Waals surface area contributed by atoms with Gasteiger partial charge in [-0.3, -0.25) is 0 Å². The Balaban J connectivity index is 2.03. The van der Waals surface area contributed by atoms with Crippen molar-refractivity contribution in [2.75, 3.05) is 12.4 Å². The number of urea groups is 1. The average molecular weight is 284 g/mol. The second kappa shape index (κ2) is 6.79. The van der Waals surface area contributed by atoms with Crippen LogP contribution in [0.2, 0.25) is 0 Å². The van der Waals surface area contributed by atoms with Crippen molar-refractivity contribution >= 4 is 11.7 Å².